The highest BCUT2D eigenvalue weighted by Gasteiger charge is 2.24. The van der Waals surface area contributed by atoms with Crippen molar-refractivity contribution in [1.29, 1.82) is 0 Å². The van der Waals surface area contributed by atoms with Crippen LogP contribution in [0.1, 0.15) is 6.92 Å². The van der Waals surface area contributed by atoms with Gasteiger partial charge in [-0.2, -0.15) is 0 Å². The van der Waals surface area contributed by atoms with E-state index in [1.807, 2.05) is 0 Å². The Morgan fingerprint density at radius 1 is 1.43 bits per heavy atom. The number of hydrogen-bond donors (Lipinski definition) is 1. The van der Waals surface area contributed by atoms with E-state index in [0.717, 1.165) is 6.07 Å². The Morgan fingerprint density at radius 2 is 2.19 bits per heavy atom. The summed E-state index contributed by atoms with van der Waals surface area (Å²) in [5.74, 6) is -0.459. The molecule has 0 radical (unpaired) electrons. The number of methoxy groups -OCH3 is 1. The quantitative estimate of drug-likeness (QED) is 0.673. The van der Waals surface area contributed by atoms with Gasteiger partial charge in [-0.25, -0.2) is 14.4 Å². The molecule has 8 heteroatoms. The van der Waals surface area contributed by atoms with Crippen molar-refractivity contribution in [3.63, 3.8) is 0 Å². The summed E-state index contributed by atoms with van der Waals surface area (Å²) < 4.78 is 18.6. The first-order valence-electron chi connectivity index (χ1n) is 6.15. The lowest BCUT2D eigenvalue weighted by atomic mass is 10.1. The lowest BCUT2D eigenvalue weighted by Crippen LogP contribution is -2.06. The fourth-order valence-electron chi connectivity index (χ4n) is 1.87. The van der Waals surface area contributed by atoms with Gasteiger partial charge >= 0.3 is 5.69 Å². The van der Waals surface area contributed by atoms with E-state index >= 15 is 0 Å². The summed E-state index contributed by atoms with van der Waals surface area (Å²) in [7, 11) is 1.34. The molecule has 0 spiro atoms. The maximum absolute atomic E-state index is 13.8. The molecule has 0 amide bonds. The number of nitrogens with zero attached hydrogens (tertiary/aromatic N) is 3. The molecular formula is C13H13FN4O3. The monoisotopic (exact) mass is 292 g/mol. The van der Waals surface area contributed by atoms with Gasteiger partial charge in [0, 0.05) is 12.1 Å². The summed E-state index contributed by atoms with van der Waals surface area (Å²) in [5, 5.41) is 14.1. The molecule has 2 rings (SSSR count). The van der Waals surface area contributed by atoms with Crippen molar-refractivity contribution in [2.24, 2.45) is 0 Å². The van der Waals surface area contributed by atoms with Gasteiger partial charge < -0.3 is 10.1 Å². The number of hydrogen-bond acceptors (Lipinski definition) is 6. The van der Waals surface area contributed by atoms with Crippen molar-refractivity contribution < 1.29 is 14.1 Å². The molecule has 0 saturated carbocycles. The number of nitro groups is 1. The highest BCUT2D eigenvalue weighted by molar-refractivity contribution is 5.76. The van der Waals surface area contributed by atoms with Crippen molar-refractivity contribution in [1.82, 2.24) is 9.97 Å². The average molecular weight is 292 g/mol. The summed E-state index contributed by atoms with van der Waals surface area (Å²) in [5.41, 5.74) is 0.0398. The van der Waals surface area contributed by atoms with Crippen LogP contribution in [0.4, 0.5) is 15.9 Å². The number of benzene rings is 1. The van der Waals surface area contributed by atoms with Crippen LogP contribution < -0.4 is 10.1 Å². The number of rotatable bonds is 5. The van der Waals surface area contributed by atoms with Crippen LogP contribution in [0.15, 0.2) is 24.5 Å². The van der Waals surface area contributed by atoms with Gasteiger partial charge in [0.1, 0.15) is 6.33 Å². The second-order valence-corrected chi connectivity index (χ2v) is 4.06. The maximum atomic E-state index is 13.8. The van der Waals surface area contributed by atoms with E-state index in [1.54, 1.807) is 6.92 Å². The number of nitrogens with one attached hydrogen (secondary N) is 1. The Labute approximate surface area is 120 Å². The van der Waals surface area contributed by atoms with Crippen LogP contribution in [-0.2, 0) is 0 Å². The molecule has 1 heterocycles. The number of ether oxygens (including phenoxy) is 1. The molecule has 1 aromatic carbocycles. The lowest BCUT2D eigenvalue weighted by Gasteiger charge is -2.08. The molecule has 0 unspecified atom stereocenters. The first-order valence-corrected chi connectivity index (χ1v) is 6.15. The fourth-order valence-corrected chi connectivity index (χ4v) is 1.87. The molecule has 2 aromatic rings. The van der Waals surface area contributed by atoms with E-state index < -0.39 is 10.7 Å². The predicted molar refractivity (Wildman–Crippen MR) is 74.8 cm³/mol. The third kappa shape index (κ3) is 2.88. The van der Waals surface area contributed by atoms with Crippen LogP contribution in [0, 0.1) is 15.9 Å². The van der Waals surface area contributed by atoms with Crippen molar-refractivity contribution in [2.45, 2.75) is 6.92 Å². The van der Waals surface area contributed by atoms with Crippen LogP contribution in [0.25, 0.3) is 11.3 Å². The van der Waals surface area contributed by atoms with Crippen LogP contribution in [-0.4, -0.2) is 28.5 Å². The van der Waals surface area contributed by atoms with Gasteiger partial charge in [0.15, 0.2) is 17.3 Å². The average Bonchev–Trinajstić information content (AvgIpc) is 2.47. The van der Waals surface area contributed by atoms with Crippen LogP contribution in [0.5, 0.6) is 5.75 Å². The van der Waals surface area contributed by atoms with Crippen LogP contribution in [0.3, 0.4) is 0 Å². The Morgan fingerprint density at radius 3 is 2.76 bits per heavy atom. The summed E-state index contributed by atoms with van der Waals surface area (Å²) in [6.45, 7) is 2.26. The number of aromatic nitrogens is 2. The Hall–Kier alpha value is -2.77. The minimum atomic E-state index is -0.618. The summed E-state index contributed by atoms with van der Waals surface area (Å²) in [6, 6.07) is 4.04. The molecule has 21 heavy (non-hydrogen) atoms. The van der Waals surface area contributed by atoms with Gasteiger partial charge in [0.05, 0.1) is 12.0 Å². The molecule has 0 atom stereocenters. The summed E-state index contributed by atoms with van der Waals surface area (Å²) >= 11 is 0. The van der Waals surface area contributed by atoms with Crippen molar-refractivity contribution in [3.05, 3.63) is 40.5 Å². The molecular weight excluding hydrogens is 279 g/mol. The molecule has 110 valence electrons. The molecule has 0 fully saturated rings. The van der Waals surface area contributed by atoms with Gasteiger partial charge in [-0.3, -0.25) is 10.1 Å². The molecule has 0 aliphatic carbocycles. The van der Waals surface area contributed by atoms with Crippen LogP contribution >= 0.6 is 0 Å². The normalized spacial score (nSPS) is 10.2. The molecule has 0 aliphatic rings. The van der Waals surface area contributed by atoms with Gasteiger partial charge in [0.25, 0.3) is 0 Å². The van der Waals surface area contributed by atoms with E-state index in [-0.39, 0.29) is 28.5 Å². The van der Waals surface area contributed by atoms with Gasteiger partial charge in [-0.1, -0.05) is 0 Å². The Kier molecular flexibility index (Phi) is 4.27. The molecule has 0 bridgehead atoms. The molecule has 0 aliphatic heterocycles. The molecule has 1 aromatic heterocycles. The van der Waals surface area contributed by atoms with Crippen molar-refractivity contribution in [2.75, 3.05) is 19.0 Å². The van der Waals surface area contributed by atoms with Gasteiger partial charge in [-0.05, 0) is 25.1 Å². The smallest absolute Gasteiger partial charge is 0.337 e. The third-order valence-corrected chi connectivity index (χ3v) is 2.77. The topological polar surface area (TPSA) is 90.2 Å². The number of halogens is 1. The van der Waals surface area contributed by atoms with Crippen molar-refractivity contribution in [3.8, 4) is 17.0 Å². The standard InChI is InChI=1S/C13H13FN4O3/c1-3-15-13-12(18(19)20)11(16-7-17-13)8-4-5-10(21-2)9(14)6-8/h4-7H,3H2,1-2H3,(H,15,16,17). The second-order valence-electron chi connectivity index (χ2n) is 4.06. The zero-order chi connectivity index (χ0) is 15.4. The van der Waals surface area contributed by atoms with E-state index in [1.165, 1.54) is 25.6 Å². The minimum absolute atomic E-state index is 0.0486. The highest BCUT2D eigenvalue weighted by atomic mass is 19.1. The first kappa shape index (κ1) is 14.6. The van der Waals surface area contributed by atoms with Gasteiger partial charge in [-0.15, -0.1) is 0 Å². The predicted octanol–water partition coefficient (Wildman–Crippen LogP) is 2.63. The zero-order valence-electron chi connectivity index (χ0n) is 11.5. The zero-order valence-corrected chi connectivity index (χ0v) is 11.5. The summed E-state index contributed by atoms with van der Waals surface area (Å²) in [4.78, 5) is 18.4. The molecule has 1 N–H and O–H groups in total. The van der Waals surface area contributed by atoms with E-state index in [4.69, 9.17) is 4.74 Å². The fraction of sp³-hybridized carbons (Fsp3) is 0.231. The molecule has 0 saturated heterocycles. The molecule has 7 nitrogen and oxygen atoms in total. The van der Waals surface area contributed by atoms with Crippen molar-refractivity contribution >= 4 is 11.5 Å². The highest BCUT2D eigenvalue weighted by Crippen LogP contribution is 2.34. The Balaban J connectivity index is 2.60. The summed E-state index contributed by atoms with van der Waals surface area (Å²) in [6.07, 6.45) is 1.20. The maximum Gasteiger partial charge on any atom is 0.337 e. The van der Waals surface area contributed by atoms with E-state index in [2.05, 4.69) is 15.3 Å². The second kappa shape index (κ2) is 6.12. The minimum Gasteiger partial charge on any atom is -0.494 e. The van der Waals surface area contributed by atoms with E-state index in [9.17, 15) is 14.5 Å². The lowest BCUT2D eigenvalue weighted by molar-refractivity contribution is -0.383. The SMILES string of the molecule is CCNc1ncnc(-c2ccc(OC)c(F)c2)c1[N+](=O)[O-]. The van der Waals surface area contributed by atoms with E-state index in [0.29, 0.717) is 6.54 Å². The first-order chi connectivity index (χ1) is 10.1. The van der Waals surface area contributed by atoms with Crippen LogP contribution in [0.2, 0.25) is 0 Å². The van der Waals surface area contributed by atoms with Gasteiger partial charge in [0.2, 0.25) is 5.82 Å². The largest absolute Gasteiger partial charge is 0.494 e. The number of anilines is 1. The third-order valence-electron chi connectivity index (χ3n) is 2.77. The Bertz CT molecular complexity index is 678.